The average molecular weight is 991 g/mol. The molecule has 378 valence electrons. The first kappa shape index (κ1) is 50.1. The van der Waals surface area contributed by atoms with Crippen LogP contribution >= 0.6 is 0 Å². The maximum atomic E-state index is 5.73. The van der Waals surface area contributed by atoms with Crippen LogP contribution in [0.25, 0.3) is 113 Å². The van der Waals surface area contributed by atoms with Crippen molar-refractivity contribution in [2.24, 2.45) is 0 Å². The lowest BCUT2D eigenvalue weighted by Crippen LogP contribution is -2.16. The highest BCUT2D eigenvalue weighted by molar-refractivity contribution is 6.00. The summed E-state index contributed by atoms with van der Waals surface area (Å²) in [6.07, 6.45) is 8.85. The van der Waals surface area contributed by atoms with Crippen molar-refractivity contribution in [2.45, 2.75) is 105 Å². The monoisotopic (exact) mass is 991 g/mol. The summed E-state index contributed by atoms with van der Waals surface area (Å²) in [4.78, 5) is 19.5. The third-order valence-electron chi connectivity index (χ3n) is 15.2. The molecule has 0 aliphatic carbocycles. The number of aromatic amines is 2. The predicted octanol–water partition coefficient (Wildman–Crippen LogP) is 19.8. The highest BCUT2D eigenvalue weighted by atomic mass is 14.8. The van der Waals surface area contributed by atoms with Gasteiger partial charge in [-0.05, 0) is 137 Å². The van der Waals surface area contributed by atoms with Crippen LogP contribution in [0.4, 0.5) is 0 Å². The lowest BCUT2D eigenvalue weighted by molar-refractivity contribution is 0.568. The first-order valence-electron chi connectivity index (χ1n) is 27.0. The standard InChI is InChI=1S/C72H70N4/c1-69(2,3)53-39-51(40-54(43-53)70(4,5)6)67-61-35-31-57(73-61)65(49-27-23-47(24-28-49)45-19-15-13-16-20-45)59-33-37-63(75-59)68(52-41-55(71(7,8)9)44-56(42-52)72(10,11)12)64-38-34-60(76-64)66(58-32-36-62(67)74-58)50-29-25-48(26-30-50)46-21-17-14-18-22-46/h13-44,73,76H,1-12H3. The smallest absolute Gasteiger partial charge is 0.0737 e. The summed E-state index contributed by atoms with van der Waals surface area (Å²) in [7, 11) is 0. The molecule has 0 saturated carbocycles. The Kier molecular flexibility index (Phi) is 12.5. The molecule has 2 aliphatic heterocycles. The molecule has 9 aromatic rings. The average Bonchev–Trinajstić information content (AvgIpc) is 4.29. The van der Waals surface area contributed by atoms with Gasteiger partial charge in [-0.1, -0.05) is 229 Å². The lowest BCUT2D eigenvalue weighted by atomic mass is 9.78. The van der Waals surface area contributed by atoms with Gasteiger partial charge in [-0.3, -0.25) is 0 Å². The molecule has 0 radical (unpaired) electrons. The molecule has 11 rings (SSSR count). The topological polar surface area (TPSA) is 57.4 Å². The molecule has 0 spiro atoms. The van der Waals surface area contributed by atoms with E-state index >= 15 is 0 Å². The van der Waals surface area contributed by atoms with E-state index in [1.165, 1.54) is 44.5 Å². The summed E-state index contributed by atoms with van der Waals surface area (Å²) in [6, 6.07) is 62.4. The third kappa shape index (κ3) is 9.85. The van der Waals surface area contributed by atoms with Gasteiger partial charge in [0.2, 0.25) is 0 Å². The number of nitrogens with zero attached hydrogens (tertiary/aromatic N) is 2. The van der Waals surface area contributed by atoms with E-state index in [4.69, 9.17) is 9.97 Å². The number of fused-ring (bicyclic) bond motifs is 8. The molecule has 3 aromatic heterocycles. The molecule has 5 heterocycles. The Bertz CT molecular complexity index is 3580. The van der Waals surface area contributed by atoms with Crippen molar-refractivity contribution in [1.29, 1.82) is 0 Å². The second-order valence-corrected chi connectivity index (χ2v) is 25.0. The predicted molar refractivity (Wildman–Crippen MR) is 326 cm³/mol. The molecule has 0 saturated heterocycles. The Morgan fingerprint density at radius 1 is 0.250 bits per heavy atom. The van der Waals surface area contributed by atoms with Gasteiger partial charge in [0.05, 0.1) is 22.8 Å². The number of benzene rings is 6. The fourth-order valence-electron chi connectivity index (χ4n) is 10.6. The summed E-state index contributed by atoms with van der Waals surface area (Å²) in [5.74, 6) is 0. The number of hydrogen-bond acceptors (Lipinski definition) is 2. The summed E-state index contributed by atoms with van der Waals surface area (Å²) >= 11 is 0. The molecule has 0 unspecified atom stereocenters. The van der Waals surface area contributed by atoms with E-state index in [0.717, 1.165) is 89.4 Å². The number of rotatable bonds is 6. The van der Waals surface area contributed by atoms with Gasteiger partial charge in [0.25, 0.3) is 0 Å². The third-order valence-corrected chi connectivity index (χ3v) is 15.2. The molecule has 76 heavy (non-hydrogen) atoms. The molecule has 0 fully saturated rings. The van der Waals surface area contributed by atoms with Crippen LogP contribution in [-0.2, 0) is 21.7 Å². The van der Waals surface area contributed by atoms with Crippen LogP contribution in [0.5, 0.6) is 0 Å². The van der Waals surface area contributed by atoms with Gasteiger partial charge < -0.3 is 9.97 Å². The van der Waals surface area contributed by atoms with Crippen molar-refractivity contribution < 1.29 is 0 Å². The van der Waals surface area contributed by atoms with E-state index in [1.54, 1.807) is 0 Å². The Morgan fingerprint density at radius 3 is 0.750 bits per heavy atom. The van der Waals surface area contributed by atoms with Gasteiger partial charge in [-0.25, -0.2) is 9.97 Å². The Morgan fingerprint density at radius 2 is 0.487 bits per heavy atom. The number of H-pyrrole nitrogens is 2. The summed E-state index contributed by atoms with van der Waals surface area (Å²) in [6.45, 7) is 27.7. The molecule has 0 atom stereocenters. The van der Waals surface area contributed by atoms with Crippen LogP contribution in [-0.4, -0.2) is 19.9 Å². The zero-order chi connectivity index (χ0) is 53.3. The highest BCUT2D eigenvalue weighted by Gasteiger charge is 2.26. The molecule has 8 bridgehead atoms. The van der Waals surface area contributed by atoms with Gasteiger partial charge in [0.1, 0.15) is 0 Å². The van der Waals surface area contributed by atoms with Crippen LogP contribution in [0.15, 0.2) is 170 Å². The van der Waals surface area contributed by atoms with Gasteiger partial charge in [0, 0.05) is 44.3 Å². The zero-order valence-electron chi connectivity index (χ0n) is 46.4. The quantitative estimate of drug-likeness (QED) is 0.174. The first-order chi connectivity index (χ1) is 36.2. The molecule has 2 N–H and O–H groups in total. The highest BCUT2D eigenvalue weighted by Crippen LogP contribution is 2.43. The zero-order valence-corrected chi connectivity index (χ0v) is 46.4. The minimum absolute atomic E-state index is 0.0924. The fraction of sp³-hybridized carbons (Fsp3) is 0.222. The molecule has 2 aliphatic rings. The van der Waals surface area contributed by atoms with Gasteiger partial charge in [-0.2, -0.15) is 0 Å². The van der Waals surface area contributed by atoms with Crippen LogP contribution in [0.1, 0.15) is 128 Å². The van der Waals surface area contributed by atoms with Crippen molar-refractivity contribution in [2.75, 3.05) is 0 Å². The number of aromatic nitrogens is 4. The van der Waals surface area contributed by atoms with Gasteiger partial charge in [0.15, 0.2) is 0 Å². The second-order valence-electron chi connectivity index (χ2n) is 25.0. The largest absolute Gasteiger partial charge is 0.354 e. The maximum Gasteiger partial charge on any atom is 0.0737 e. The van der Waals surface area contributed by atoms with Crippen molar-refractivity contribution in [3.8, 4) is 66.8 Å². The maximum absolute atomic E-state index is 5.73. The number of hydrogen-bond donors (Lipinski definition) is 2. The lowest BCUT2D eigenvalue weighted by Gasteiger charge is -2.26. The van der Waals surface area contributed by atoms with E-state index in [2.05, 4.69) is 287 Å². The van der Waals surface area contributed by atoms with E-state index in [1.807, 2.05) is 0 Å². The van der Waals surface area contributed by atoms with Crippen LogP contribution < -0.4 is 0 Å². The van der Waals surface area contributed by atoms with E-state index < -0.39 is 0 Å². The molecule has 4 nitrogen and oxygen atoms in total. The van der Waals surface area contributed by atoms with Crippen molar-refractivity contribution >= 4 is 46.4 Å². The van der Waals surface area contributed by atoms with Crippen molar-refractivity contribution in [3.05, 3.63) is 215 Å². The summed E-state index contributed by atoms with van der Waals surface area (Å²) in [5, 5.41) is 0. The van der Waals surface area contributed by atoms with Crippen molar-refractivity contribution in [3.63, 3.8) is 0 Å². The van der Waals surface area contributed by atoms with Gasteiger partial charge in [-0.15, -0.1) is 0 Å². The van der Waals surface area contributed by atoms with Gasteiger partial charge >= 0.3 is 0 Å². The normalized spacial score (nSPS) is 12.9. The van der Waals surface area contributed by atoms with E-state index in [-0.39, 0.29) is 21.7 Å². The Balaban J connectivity index is 1.29. The van der Waals surface area contributed by atoms with Crippen molar-refractivity contribution in [1.82, 2.24) is 19.9 Å². The molecule has 6 aromatic carbocycles. The minimum Gasteiger partial charge on any atom is -0.354 e. The summed E-state index contributed by atoms with van der Waals surface area (Å²) < 4.78 is 0. The second kappa shape index (κ2) is 18.9. The van der Waals surface area contributed by atoms with E-state index in [9.17, 15) is 0 Å². The van der Waals surface area contributed by atoms with Crippen LogP contribution in [0.3, 0.4) is 0 Å². The SMILES string of the molecule is CC(C)(C)c1cc(-c2c3nc(c(-c4ccc(-c5ccccc5)cc4)c4ccc([nH]4)c(-c4cc(C(C)(C)C)cc(C(C)(C)C)c4)c4nc(c(-c5ccc(-c6ccccc6)cc5)c5ccc2[nH]5)C=C4)C=C3)cc(C(C)(C)C)c1. The fourth-order valence-corrected chi connectivity index (χ4v) is 10.6. The van der Waals surface area contributed by atoms with Crippen LogP contribution in [0.2, 0.25) is 0 Å². The van der Waals surface area contributed by atoms with Crippen LogP contribution in [0, 0.1) is 0 Å². The Labute approximate surface area is 450 Å². The summed E-state index contributed by atoms with van der Waals surface area (Å²) in [5.41, 5.74) is 25.5. The number of nitrogens with one attached hydrogen (secondary N) is 2. The molecule has 0 amide bonds. The van der Waals surface area contributed by atoms with E-state index in [0.29, 0.717) is 0 Å². The first-order valence-corrected chi connectivity index (χ1v) is 27.0. The minimum atomic E-state index is -0.0924. The molecular weight excluding hydrogens is 921 g/mol. The molecule has 4 heteroatoms. The molecular formula is C72H70N4. The Hall–Kier alpha value is -8.08.